The average molecular weight is 596 g/mol. The molecule has 0 amide bonds. The van der Waals surface area contributed by atoms with Crippen molar-refractivity contribution < 1.29 is 48.6 Å². The predicted molar refractivity (Wildman–Crippen MR) is 135 cm³/mol. The molecule has 42 heavy (non-hydrogen) atoms. The number of rotatable bonds is 7. The lowest BCUT2D eigenvalue weighted by Gasteiger charge is -2.20. The Labute approximate surface area is 233 Å². The molecule has 0 aliphatic heterocycles. The number of hydrogen-bond acceptors (Lipinski definition) is 1. The molecule has 0 aromatic heterocycles. The van der Waals surface area contributed by atoms with Crippen molar-refractivity contribution in [3.63, 3.8) is 0 Å². The summed E-state index contributed by atoms with van der Waals surface area (Å²) < 4.78 is 146. The number of aryl methyl sites for hydroxylation is 1. The van der Waals surface area contributed by atoms with E-state index >= 15 is 0 Å². The van der Waals surface area contributed by atoms with Crippen LogP contribution in [0, 0.1) is 52.7 Å². The summed E-state index contributed by atoms with van der Waals surface area (Å²) in [6.07, 6.45) is -2.34. The molecule has 0 radical (unpaired) electrons. The van der Waals surface area contributed by atoms with E-state index in [0.717, 1.165) is 12.2 Å². The lowest BCUT2D eigenvalue weighted by atomic mass is 9.90. The largest absolute Gasteiger partial charge is 0.432 e. The van der Waals surface area contributed by atoms with E-state index in [1.54, 1.807) is 12.1 Å². The lowest BCUT2D eigenvalue weighted by Crippen LogP contribution is -2.25. The summed E-state index contributed by atoms with van der Waals surface area (Å²) in [6.45, 7) is 3.58. The summed E-state index contributed by atoms with van der Waals surface area (Å²) in [7, 11) is 0. The van der Waals surface area contributed by atoms with Crippen LogP contribution >= 0.6 is 0 Å². The second-order valence-corrected chi connectivity index (χ2v) is 9.12. The molecular weight excluding hydrogens is 578 g/mol. The van der Waals surface area contributed by atoms with Crippen LogP contribution in [0.15, 0.2) is 73.1 Å². The van der Waals surface area contributed by atoms with Crippen molar-refractivity contribution in [2.45, 2.75) is 25.1 Å². The quantitative estimate of drug-likeness (QED) is 0.115. The maximum absolute atomic E-state index is 14.8. The van der Waals surface area contributed by atoms with Crippen LogP contribution in [0.2, 0.25) is 0 Å². The lowest BCUT2D eigenvalue weighted by molar-refractivity contribution is -0.189. The van der Waals surface area contributed by atoms with Gasteiger partial charge in [-0.15, -0.1) is 6.58 Å². The average Bonchev–Trinajstić information content (AvgIpc) is 2.89. The second kappa shape index (κ2) is 12.2. The minimum atomic E-state index is -4.82. The highest BCUT2D eigenvalue weighted by atomic mass is 19.3. The van der Waals surface area contributed by atoms with E-state index in [9.17, 15) is 43.9 Å². The van der Waals surface area contributed by atoms with Crippen molar-refractivity contribution in [2.75, 3.05) is 0 Å². The molecule has 0 fully saturated rings. The van der Waals surface area contributed by atoms with E-state index in [-0.39, 0.29) is 23.3 Å². The van der Waals surface area contributed by atoms with Gasteiger partial charge in [0.2, 0.25) is 0 Å². The van der Waals surface area contributed by atoms with Gasteiger partial charge in [-0.1, -0.05) is 30.0 Å². The van der Waals surface area contributed by atoms with Gasteiger partial charge in [0, 0.05) is 23.3 Å². The van der Waals surface area contributed by atoms with Crippen LogP contribution in [0.5, 0.6) is 5.75 Å². The maximum Gasteiger partial charge on any atom is 0.432 e. The third-order valence-corrected chi connectivity index (χ3v) is 6.14. The minimum absolute atomic E-state index is 0.0508. The molecule has 4 rings (SSSR count). The van der Waals surface area contributed by atoms with Gasteiger partial charge in [0.1, 0.15) is 46.7 Å². The monoisotopic (exact) mass is 596 g/mol. The SMILES string of the molecule is C=CCCc1ccc(C2=CC(F)C(C#Cc3cc(F)c(C(F)(F)Oc4cc(F)c(F)c(F)c4)c(F)c3)C(F)=C2)c(F)c1. The van der Waals surface area contributed by atoms with Crippen LogP contribution < -0.4 is 4.74 Å². The summed E-state index contributed by atoms with van der Waals surface area (Å²) in [5, 5.41) is 0. The first-order valence-corrected chi connectivity index (χ1v) is 12.2. The molecule has 3 aromatic rings. The van der Waals surface area contributed by atoms with E-state index in [1.807, 2.05) is 0 Å². The Morgan fingerprint density at radius 1 is 0.857 bits per heavy atom. The van der Waals surface area contributed by atoms with E-state index in [0.29, 0.717) is 30.5 Å². The molecule has 1 aliphatic rings. The Hall–Kier alpha value is -4.46. The molecule has 2 atom stereocenters. The maximum atomic E-state index is 14.8. The summed E-state index contributed by atoms with van der Waals surface area (Å²) in [5.74, 6) is -10.1. The number of alkyl halides is 3. The summed E-state index contributed by atoms with van der Waals surface area (Å²) in [6, 6.07) is 4.98. The molecular formula is C31H18F10O. The normalized spacial score (nSPS) is 16.7. The van der Waals surface area contributed by atoms with Gasteiger partial charge in [0.25, 0.3) is 0 Å². The van der Waals surface area contributed by atoms with Gasteiger partial charge in [-0.3, -0.25) is 0 Å². The summed E-state index contributed by atoms with van der Waals surface area (Å²) in [4.78, 5) is 0. The van der Waals surface area contributed by atoms with E-state index in [4.69, 9.17) is 0 Å². The van der Waals surface area contributed by atoms with Crippen LogP contribution in [-0.4, -0.2) is 6.17 Å². The second-order valence-electron chi connectivity index (χ2n) is 9.12. The predicted octanol–water partition coefficient (Wildman–Crippen LogP) is 9.02. The zero-order valence-electron chi connectivity index (χ0n) is 21.2. The highest BCUT2D eigenvalue weighted by Crippen LogP contribution is 2.37. The fourth-order valence-corrected chi connectivity index (χ4v) is 4.11. The molecule has 0 bridgehead atoms. The number of ether oxygens (including phenoxy) is 1. The van der Waals surface area contributed by atoms with E-state index in [1.165, 1.54) is 12.1 Å². The van der Waals surface area contributed by atoms with E-state index < -0.39 is 75.8 Å². The molecule has 0 N–H and O–H groups in total. The number of halogens is 10. The topological polar surface area (TPSA) is 9.23 Å². The van der Waals surface area contributed by atoms with Crippen molar-refractivity contribution in [1.82, 2.24) is 0 Å². The Kier molecular flexibility index (Phi) is 8.85. The molecule has 218 valence electrons. The van der Waals surface area contributed by atoms with Crippen molar-refractivity contribution in [3.05, 3.63) is 130 Å². The first kappa shape index (κ1) is 30.5. The third-order valence-electron chi connectivity index (χ3n) is 6.14. The molecule has 0 spiro atoms. The molecule has 2 unspecified atom stereocenters. The van der Waals surface area contributed by atoms with Crippen LogP contribution in [0.3, 0.4) is 0 Å². The zero-order chi connectivity index (χ0) is 30.8. The van der Waals surface area contributed by atoms with Gasteiger partial charge in [0.15, 0.2) is 17.5 Å². The number of hydrogen-bond donors (Lipinski definition) is 0. The van der Waals surface area contributed by atoms with Crippen molar-refractivity contribution in [1.29, 1.82) is 0 Å². The summed E-state index contributed by atoms with van der Waals surface area (Å²) in [5.41, 5.74) is -2.04. The first-order valence-electron chi connectivity index (χ1n) is 12.2. The van der Waals surface area contributed by atoms with Crippen molar-refractivity contribution in [2.24, 2.45) is 5.92 Å². The molecule has 1 aliphatic carbocycles. The van der Waals surface area contributed by atoms with Crippen LogP contribution in [0.4, 0.5) is 43.9 Å². The highest BCUT2D eigenvalue weighted by molar-refractivity contribution is 5.77. The van der Waals surface area contributed by atoms with Gasteiger partial charge in [-0.05, 0) is 54.3 Å². The number of benzene rings is 3. The number of allylic oxidation sites excluding steroid dienone is 5. The molecule has 0 saturated carbocycles. The van der Waals surface area contributed by atoms with Crippen LogP contribution in [0.1, 0.15) is 28.7 Å². The molecule has 0 saturated heterocycles. The van der Waals surface area contributed by atoms with Gasteiger partial charge in [-0.25, -0.2) is 35.1 Å². The first-order chi connectivity index (χ1) is 19.8. The Morgan fingerprint density at radius 2 is 1.50 bits per heavy atom. The Morgan fingerprint density at radius 3 is 2.07 bits per heavy atom. The standard InChI is InChI=1S/C31H18F10O/c1-2-3-4-16-5-7-20(22(32)9-16)18-12-23(33)21(24(34)13-18)8-6-17-10-25(35)29(26(36)11-17)31(40,41)42-19-14-27(37)30(39)28(38)15-19/h2,5,7,9-15,21,23H,1,3-4H2. The molecule has 1 nitrogen and oxygen atoms in total. The van der Waals surface area contributed by atoms with Gasteiger partial charge < -0.3 is 4.74 Å². The third kappa shape index (κ3) is 6.54. The Balaban J connectivity index is 1.55. The Bertz CT molecular complexity index is 1620. The van der Waals surface area contributed by atoms with E-state index in [2.05, 4.69) is 23.2 Å². The van der Waals surface area contributed by atoms with Crippen molar-refractivity contribution in [3.8, 4) is 17.6 Å². The zero-order valence-corrected chi connectivity index (χ0v) is 21.2. The molecule has 3 aromatic carbocycles. The van der Waals surface area contributed by atoms with Gasteiger partial charge in [0.05, 0.1) is 0 Å². The van der Waals surface area contributed by atoms with Crippen LogP contribution in [0.25, 0.3) is 5.57 Å². The highest BCUT2D eigenvalue weighted by Gasteiger charge is 2.41. The smallest absolute Gasteiger partial charge is 0.429 e. The minimum Gasteiger partial charge on any atom is -0.429 e. The van der Waals surface area contributed by atoms with Crippen LogP contribution in [-0.2, 0) is 12.5 Å². The molecule has 11 heteroatoms. The van der Waals surface area contributed by atoms with Gasteiger partial charge in [-0.2, -0.15) is 8.78 Å². The van der Waals surface area contributed by atoms with Crippen molar-refractivity contribution >= 4 is 5.57 Å². The molecule has 0 heterocycles. The van der Waals surface area contributed by atoms with Gasteiger partial charge >= 0.3 is 6.11 Å². The fourth-order valence-electron chi connectivity index (χ4n) is 4.11. The fraction of sp³-hybridized carbons (Fsp3) is 0.161. The summed E-state index contributed by atoms with van der Waals surface area (Å²) >= 11 is 0.